The fourth-order valence-electron chi connectivity index (χ4n) is 2.34. The number of nitro groups is 1. The molecule has 1 aromatic heterocycles. The molecule has 1 heterocycles. The van der Waals surface area contributed by atoms with Crippen molar-refractivity contribution in [3.8, 4) is 11.3 Å². The summed E-state index contributed by atoms with van der Waals surface area (Å²) in [4.78, 5) is 34.1. The molecule has 9 nitrogen and oxygen atoms in total. The lowest BCUT2D eigenvalue weighted by molar-refractivity contribution is -0.384. The number of nitro benzene ring substituents is 1. The van der Waals surface area contributed by atoms with E-state index in [4.69, 9.17) is 0 Å². The first-order valence-corrected chi connectivity index (χ1v) is 8.16. The highest BCUT2D eigenvalue weighted by atomic mass is 16.6. The Balaban J connectivity index is 1.56. The molecule has 3 rings (SSSR count). The maximum Gasteiger partial charge on any atom is 0.287 e. The van der Waals surface area contributed by atoms with Gasteiger partial charge in [-0.2, -0.15) is 5.10 Å². The second kappa shape index (κ2) is 8.41. The third-order valence-corrected chi connectivity index (χ3v) is 3.70. The average Bonchev–Trinajstić information content (AvgIpc) is 3.22. The standard InChI is InChI=1S/C19H15N5O4/c25-18(10-9-13-5-4-8-15(11-13)24(27)28)22-23-19(26)17-12-16(20-21-17)14-6-2-1-3-7-14/h1-12H,(H,20,21)(H,22,25)(H,23,26)/b10-9+. The van der Waals surface area contributed by atoms with Gasteiger partial charge in [0.25, 0.3) is 17.5 Å². The van der Waals surface area contributed by atoms with Gasteiger partial charge in [-0.3, -0.25) is 35.7 Å². The van der Waals surface area contributed by atoms with Crippen molar-refractivity contribution in [1.29, 1.82) is 0 Å². The van der Waals surface area contributed by atoms with E-state index in [9.17, 15) is 19.7 Å². The topological polar surface area (TPSA) is 130 Å². The van der Waals surface area contributed by atoms with E-state index in [0.29, 0.717) is 11.3 Å². The van der Waals surface area contributed by atoms with Gasteiger partial charge in [0.2, 0.25) is 0 Å². The van der Waals surface area contributed by atoms with Gasteiger partial charge >= 0.3 is 0 Å². The minimum absolute atomic E-state index is 0.0793. The molecule has 0 aliphatic rings. The Labute approximate surface area is 159 Å². The van der Waals surface area contributed by atoms with Gasteiger partial charge in [0.1, 0.15) is 5.69 Å². The number of hydrazine groups is 1. The van der Waals surface area contributed by atoms with Crippen LogP contribution in [0.2, 0.25) is 0 Å². The van der Waals surface area contributed by atoms with Gasteiger partial charge in [-0.1, -0.05) is 42.5 Å². The number of benzene rings is 2. The third-order valence-electron chi connectivity index (χ3n) is 3.70. The normalized spacial score (nSPS) is 10.6. The van der Waals surface area contributed by atoms with Crippen molar-refractivity contribution in [3.05, 3.63) is 88.1 Å². The molecular formula is C19H15N5O4. The van der Waals surface area contributed by atoms with Crippen molar-refractivity contribution in [1.82, 2.24) is 21.0 Å². The molecule has 3 N–H and O–H groups in total. The van der Waals surface area contributed by atoms with Crippen molar-refractivity contribution in [2.24, 2.45) is 0 Å². The quantitative estimate of drug-likeness (QED) is 0.357. The molecule has 0 bridgehead atoms. The zero-order valence-electron chi connectivity index (χ0n) is 14.5. The van der Waals surface area contributed by atoms with E-state index in [1.165, 1.54) is 24.3 Å². The predicted octanol–water partition coefficient (Wildman–Crippen LogP) is 2.46. The molecule has 0 saturated carbocycles. The molecule has 0 spiro atoms. The first kappa shape index (κ1) is 18.5. The summed E-state index contributed by atoms with van der Waals surface area (Å²) in [5.41, 5.74) is 6.53. The summed E-state index contributed by atoms with van der Waals surface area (Å²) in [5.74, 6) is -1.16. The van der Waals surface area contributed by atoms with Crippen LogP contribution < -0.4 is 10.9 Å². The number of hydrogen-bond acceptors (Lipinski definition) is 5. The average molecular weight is 377 g/mol. The smallest absolute Gasteiger partial charge is 0.272 e. The van der Waals surface area contributed by atoms with Gasteiger partial charge in [0.05, 0.1) is 10.6 Å². The van der Waals surface area contributed by atoms with Crippen LogP contribution in [-0.4, -0.2) is 26.9 Å². The molecular weight excluding hydrogens is 362 g/mol. The summed E-state index contributed by atoms with van der Waals surface area (Å²) in [6.07, 6.45) is 2.56. The van der Waals surface area contributed by atoms with E-state index in [1.807, 2.05) is 30.3 Å². The third kappa shape index (κ3) is 4.67. The molecule has 140 valence electrons. The maximum absolute atomic E-state index is 12.1. The Morgan fingerprint density at radius 1 is 1.04 bits per heavy atom. The largest absolute Gasteiger partial charge is 0.287 e. The summed E-state index contributed by atoms with van der Waals surface area (Å²) in [6.45, 7) is 0. The van der Waals surface area contributed by atoms with Crippen LogP contribution in [0.25, 0.3) is 17.3 Å². The van der Waals surface area contributed by atoms with E-state index >= 15 is 0 Å². The van der Waals surface area contributed by atoms with E-state index in [0.717, 1.165) is 11.6 Å². The van der Waals surface area contributed by atoms with E-state index < -0.39 is 16.7 Å². The minimum atomic E-state index is -0.595. The van der Waals surface area contributed by atoms with Crippen LogP contribution in [0.5, 0.6) is 0 Å². The van der Waals surface area contributed by atoms with Crippen LogP contribution in [-0.2, 0) is 4.79 Å². The lowest BCUT2D eigenvalue weighted by Crippen LogP contribution is -2.40. The van der Waals surface area contributed by atoms with Crippen LogP contribution in [0.1, 0.15) is 16.1 Å². The first-order valence-electron chi connectivity index (χ1n) is 8.16. The summed E-state index contributed by atoms with van der Waals surface area (Å²) in [6, 6.07) is 16.7. The number of amides is 2. The van der Waals surface area contributed by atoms with Crippen LogP contribution in [0.15, 0.2) is 66.7 Å². The minimum Gasteiger partial charge on any atom is -0.272 e. The monoisotopic (exact) mass is 377 g/mol. The molecule has 28 heavy (non-hydrogen) atoms. The Bertz CT molecular complexity index is 1040. The van der Waals surface area contributed by atoms with Crippen molar-refractivity contribution >= 4 is 23.6 Å². The van der Waals surface area contributed by atoms with Gasteiger partial charge in [-0.05, 0) is 17.7 Å². The van der Waals surface area contributed by atoms with Gasteiger partial charge < -0.3 is 0 Å². The van der Waals surface area contributed by atoms with E-state index in [2.05, 4.69) is 21.0 Å². The van der Waals surface area contributed by atoms with Crippen LogP contribution in [0.3, 0.4) is 0 Å². The first-order chi connectivity index (χ1) is 13.5. The molecule has 2 aromatic carbocycles. The number of aromatic nitrogens is 2. The molecule has 0 saturated heterocycles. The van der Waals surface area contributed by atoms with Gasteiger partial charge in [-0.15, -0.1) is 0 Å². The molecule has 0 atom stereocenters. The predicted molar refractivity (Wildman–Crippen MR) is 102 cm³/mol. The van der Waals surface area contributed by atoms with Crippen LogP contribution in [0, 0.1) is 10.1 Å². The Morgan fingerprint density at radius 3 is 2.57 bits per heavy atom. The number of H-pyrrole nitrogens is 1. The molecule has 0 unspecified atom stereocenters. The number of nitrogens with one attached hydrogen (secondary N) is 3. The Morgan fingerprint density at radius 2 is 1.82 bits per heavy atom. The number of nitrogens with zero attached hydrogens (tertiary/aromatic N) is 2. The Hall–Kier alpha value is -4.27. The molecule has 0 aliphatic carbocycles. The highest BCUT2D eigenvalue weighted by Crippen LogP contribution is 2.16. The maximum atomic E-state index is 12.1. The highest BCUT2D eigenvalue weighted by Gasteiger charge is 2.11. The lowest BCUT2D eigenvalue weighted by atomic mass is 10.1. The van der Waals surface area contributed by atoms with E-state index in [-0.39, 0.29) is 11.4 Å². The lowest BCUT2D eigenvalue weighted by Gasteiger charge is -2.03. The molecule has 0 fully saturated rings. The number of aromatic amines is 1. The summed E-state index contributed by atoms with van der Waals surface area (Å²) in [5, 5.41) is 17.4. The second-order valence-corrected chi connectivity index (χ2v) is 5.66. The number of hydrogen-bond donors (Lipinski definition) is 3. The Kier molecular flexibility index (Phi) is 5.56. The summed E-state index contributed by atoms with van der Waals surface area (Å²) in [7, 11) is 0. The van der Waals surface area contributed by atoms with E-state index in [1.54, 1.807) is 12.1 Å². The molecule has 0 aliphatic heterocycles. The van der Waals surface area contributed by atoms with Gasteiger partial charge in [0, 0.05) is 23.8 Å². The summed E-state index contributed by atoms with van der Waals surface area (Å²) < 4.78 is 0. The van der Waals surface area contributed by atoms with Crippen molar-refractivity contribution in [3.63, 3.8) is 0 Å². The van der Waals surface area contributed by atoms with Gasteiger partial charge in [-0.25, -0.2) is 0 Å². The number of carbonyl (C=O) groups is 2. The van der Waals surface area contributed by atoms with Crippen LogP contribution >= 0.6 is 0 Å². The second-order valence-electron chi connectivity index (χ2n) is 5.66. The molecule has 2 amide bonds. The molecule has 0 radical (unpaired) electrons. The zero-order chi connectivity index (χ0) is 19.9. The van der Waals surface area contributed by atoms with Crippen LogP contribution in [0.4, 0.5) is 5.69 Å². The van der Waals surface area contributed by atoms with Crippen molar-refractivity contribution in [2.75, 3.05) is 0 Å². The SMILES string of the molecule is O=C(/C=C/c1cccc([N+](=O)[O-])c1)NNC(=O)c1cc(-c2ccccc2)n[nH]1. The van der Waals surface area contributed by atoms with Crippen molar-refractivity contribution in [2.45, 2.75) is 0 Å². The number of carbonyl (C=O) groups excluding carboxylic acids is 2. The number of rotatable bonds is 5. The van der Waals surface area contributed by atoms with Gasteiger partial charge in [0.15, 0.2) is 0 Å². The number of non-ortho nitro benzene ring substituents is 1. The fourth-order valence-corrected chi connectivity index (χ4v) is 2.34. The fraction of sp³-hybridized carbons (Fsp3) is 0. The molecule has 9 heteroatoms. The van der Waals surface area contributed by atoms with Crippen molar-refractivity contribution < 1.29 is 14.5 Å². The summed E-state index contributed by atoms with van der Waals surface area (Å²) >= 11 is 0. The molecule has 3 aromatic rings. The zero-order valence-corrected chi connectivity index (χ0v) is 14.5. The highest BCUT2D eigenvalue weighted by molar-refractivity contribution is 5.97.